The number of piperidine rings is 1. The molecule has 4 rings (SSSR count). The summed E-state index contributed by atoms with van der Waals surface area (Å²) in [5, 5.41) is 22.8. The van der Waals surface area contributed by atoms with Crippen molar-refractivity contribution >= 4 is 18.9 Å². The SMILES string of the molecule is COc1cccc(CN2C[C@@H]3CN(CC(=O)O)CC[C@@H]32)c1OCCn1ccnc1.O=CO.O=CO. The summed E-state index contributed by atoms with van der Waals surface area (Å²) in [7, 11) is 1.67. The van der Waals surface area contributed by atoms with Crippen molar-refractivity contribution in [3.63, 3.8) is 0 Å². The van der Waals surface area contributed by atoms with E-state index in [4.69, 9.17) is 34.4 Å². The molecule has 1 aromatic heterocycles. The Labute approximate surface area is 203 Å². The maximum Gasteiger partial charge on any atom is 0.317 e. The lowest BCUT2D eigenvalue weighted by Gasteiger charge is -2.53. The molecule has 0 aliphatic carbocycles. The predicted molar refractivity (Wildman–Crippen MR) is 124 cm³/mol. The van der Waals surface area contributed by atoms with Crippen molar-refractivity contribution in [1.29, 1.82) is 0 Å². The van der Waals surface area contributed by atoms with E-state index >= 15 is 0 Å². The molecule has 35 heavy (non-hydrogen) atoms. The van der Waals surface area contributed by atoms with Gasteiger partial charge in [0.2, 0.25) is 0 Å². The Balaban J connectivity index is 0.000000655. The van der Waals surface area contributed by atoms with E-state index in [1.807, 2.05) is 22.9 Å². The minimum Gasteiger partial charge on any atom is -0.493 e. The first kappa shape index (κ1) is 27.6. The van der Waals surface area contributed by atoms with E-state index in [1.165, 1.54) is 0 Å². The molecule has 0 bridgehead atoms. The number of nitrogens with zero attached hydrogens (tertiary/aromatic N) is 4. The molecule has 2 atom stereocenters. The number of aromatic nitrogens is 2. The third-order valence-electron chi connectivity index (χ3n) is 5.88. The van der Waals surface area contributed by atoms with Crippen molar-refractivity contribution in [2.24, 2.45) is 5.92 Å². The van der Waals surface area contributed by atoms with Gasteiger partial charge in [-0.05, 0) is 18.4 Å². The van der Waals surface area contributed by atoms with Crippen LogP contribution in [0.4, 0.5) is 0 Å². The summed E-state index contributed by atoms with van der Waals surface area (Å²) in [5.41, 5.74) is 1.13. The predicted octanol–water partition coefficient (Wildman–Crippen LogP) is 0.963. The third-order valence-corrected chi connectivity index (χ3v) is 5.88. The van der Waals surface area contributed by atoms with Crippen LogP contribution in [0.25, 0.3) is 0 Å². The maximum absolute atomic E-state index is 11.0. The zero-order valence-corrected chi connectivity index (χ0v) is 19.6. The number of aliphatic carboxylic acids is 1. The Morgan fingerprint density at radius 3 is 2.57 bits per heavy atom. The van der Waals surface area contributed by atoms with Crippen molar-refractivity contribution in [3.8, 4) is 11.5 Å². The lowest BCUT2D eigenvalue weighted by molar-refractivity contribution is -0.140. The van der Waals surface area contributed by atoms with E-state index in [9.17, 15) is 4.79 Å². The van der Waals surface area contributed by atoms with Gasteiger partial charge < -0.3 is 29.4 Å². The number of methoxy groups -OCH3 is 1. The van der Waals surface area contributed by atoms with Gasteiger partial charge in [0.05, 0.1) is 26.5 Å². The van der Waals surface area contributed by atoms with Crippen LogP contribution < -0.4 is 9.47 Å². The number of carbonyl (C=O) groups is 3. The van der Waals surface area contributed by atoms with Crippen molar-refractivity contribution in [2.45, 2.75) is 25.6 Å². The monoisotopic (exact) mass is 492 g/mol. The van der Waals surface area contributed by atoms with Crippen LogP contribution in [0.1, 0.15) is 12.0 Å². The molecule has 2 saturated heterocycles. The largest absolute Gasteiger partial charge is 0.493 e. The van der Waals surface area contributed by atoms with Crippen molar-refractivity contribution in [3.05, 3.63) is 42.5 Å². The fraction of sp³-hybridized carbons (Fsp3) is 0.478. The first-order valence-corrected chi connectivity index (χ1v) is 11.1. The molecule has 2 fully saturated rings. The first-order valence-electron chi connectivity index (χ1n) is 11.1. The standard InChI is InChI=1S/C21H28N4O4.2CH2O2/c1-28-19-4-2-3-16(21(19)29-10-9-23-8-6-22-15-23)12-25-13-17-11-24(14-20(26)27)7-5-18(17)25;2*2-1-3/h2-4,6,8,15,17-18H,5,7,9-14H2,1H3,(H,26,27);2*1H,(H,2,3)/t17-,18-;;/m0../s1. The number of hydrogen-bond donors (Lipinski definition) is 3. The number of rotatable bonds is 9. The molecular weight excluding hydrogens is 460 g/mol. The maximum atomic E-state index is 11.0. The lowest BCUT2D eigenvalue weighted by atomic mass is 9.82. The molecule has 2 aliphatic rings. The zero-order valence-electron chi connectivity index (χ0n) is 19.6. The Morgan fingerprint density at radius 2 is 1.97 bits per heavy atom. The number of fused-ring (bicyclic) bond motifs is 1. The third kappa shape index (κ3) is 8.26. The zero-order chi connectivity index (χ0) is 25.6. The van der Waals surface area contributed by atoms with Crippen LogP contribution >= 0.6 is 0 Å². The molecule has 0 saturated carbocycles. The number of ether oxygens (including phenoxy) is 2. The van der Waals surface area contributed by atoms with E-state index in [0.29, 0.717) is 18.6 Å². The lowest BCUT2D eigenvalue weighted by Crippen LogP contribution is -2.63. The van der Waals surface area contributed by atoms with Gasteiger partial charge >= 0.3 is 5.97 Å². The van der Waals surface area contributed by atoms with Gasteiger partial charge in [-0.25, -0.2) is 4.98 Å². The Bertz CT molecular complexity index is 918. The molecule has 192 valence electrons. The van der Waals surface area contributed by atoms with Crippen LogP contribution in [-0.2, 0) is 27.5 Å². The summed E-state index contributed by atoms with van der Waals surface area (Å²) in [6.07, 6.45) is 6.47. The molecule has 2 aliphatic heterocycles. The number of likely N-dealkylation sites (tertiary alicyclic amines) is 2. The number of para-hydroxylation sites is 1. The fourth-order valence-corrected chi connectivity index (χ4v) is 4.47. The topological polar surface area (TPSA) is 155 Å². The number of carboxylic acid groups (broad SMARTS) is 3. The highest BCUT2D eigenvalue weighted by molar-refractivity contribution is 5.69. The van der Waals surface area contributed by atoms with E-state index in [2.05, 4.69) is 20.9 Å². The summed E-state index contributed by atoms with van der Waals surface area (Å²) in [5.74, 6) is 1.37. The molecule has 0 spiro atoms. The summed E-state index contributed by atoms with van der Waals surface area (Å²) in [4.78, 5) is 36.3. The van der Waals surface area contributed by atoms with E-state index in [1.54, 1.807) is 19.6 Å². The van der Waals surface area contributed by atoms with Gasteiger partial charge in [0.15, 0.2) is 11.5 Å². The number of imidazole rings is 1. The van der Waals surface area contributed by atoms with Gasteiger partial charge in [0, 0.05) is 50.2 Å². The number of benzene rings is 1. The molecular formula is C23H32N4O8. The van der Waals surface area contributed by atoms with Crippen LogP contribution in [0.3, 0.4) is 0 Å². The quantitative estimate of drug-likeness (QED) is 0.429. The van der Waals surface area contributed by atoms with Crippen molar-refractivity contribution in [1.82, 2.24) is 19.4 Å². The van der Waals surface area contributed by atoms with Gasteiger partial charge in [0.25, 0.3) is 12.9 Å². The van der Waals surface area contributed by atoms with Crippen molar-refractivity contribution < 1.29 is 39.2 Å². The second kappa shape index (κ2) is 14.6. The average molecular weight is 493 g/mol. The van der Waals surface area contributed by atoms with Crippen LogP contribution in [0.15, 0.2) is 36.9 Å². The molecule has 12 heteroatoms. The Kier molecular flexibility index (Phi) is 11.5. The van der Waals surface area contributed by atoms with E-state index < -0.39 is 5.97 Å². The fourth-order valence-electron chi connectivity index (χ4n) is 4.47. The second-order valence-corrected chi connectivity index (χ2v) is 7.98. The van der Waals surface area contributed by atoms with Crippen LogP contribution in [0, 0.1) is 5.92 Å². The van der Waals surface area contributed by atoms with Gasteiger partial charge in [0.1, 0.15) is 6.61 Å². The molecule has 12 nitrogen and oxygen atoms in total. The molecule has 2 aromatic rings. The minimum atomic E-state index is -0.742. The average Bonchev–Trinajstić information content (AvgIpc) is 3.33. The summed E-state index contributed by atoms with van der Waals surface area (Å²) in [6.45, 7) is 4.44. The van der Waals surface area contributed by atoms with Crippen LogP contribution in [-0.4, -0.2) is 99.5 Å². The van der Waals surface area contributed by atoms with Gasteiger partial charge in [-0.15, -0.1) is 0 Å². The normalized spacial score (nSPS) is 18.9. The Morgan fingerprint density at radius 1 is 1.23 bits per heavy atom. The molecule has 3 heterocycles. The number of carboxylic acids is 1. The van der Waals surface area contributed by atoms with Gasteiger partial charge in [-0.2, -0.15) is 0 Å². The first-order chi connectivity index (χ1) is 17.0. The van der Waals surface area contributed by atoms with Gasteiger partial charge in [-0.3, -0.25) is 24.2 Å². The molecule has 0 unspecified atom stereocenters. The van der Waals surface area contributed by atoms with Gasteiger partial charge in [-0.1, -0.05) is 12.1 Å². The highest BCUT2D eigenvalue weighted by atomic mass is 16.5. The molecule has 3 N–H and O–H groups in total. The minimum absolute atomic E-state index is 0.147. The van der Waals surface area contributed by atoms with Crippen molar-refractivity contribution in [2.75, 3.05) is 39.9 Å². The summed E-state index contributed by atoms with van der Waals surface area (Å²) >= 11 is 0. The Hall–Kier alpha value is -3.64. The van der Waals surface area contributed by atoms with Crippen LogP contribution in [0.2, 0.25) is 0 Å². The molecule has 0 radical (unpaired) electrons. The number of hydrogen-bond acceptors (Lipinski definition) is 8. The van der Waals surface area contributed by atoms with E-state index in [-0.39, 0.29) is 19.5 Å². The summed E-state index contributed by atoms with van der Waals surface area (Å²) in [6, 6.07) is 6.55. The highest BCUT2D eigenvalue weighted by Crippen LogP contribution is 2.37. The summed E-state index contributed by atoms with van der Waals surface area (Å²) < 4.78 is 13.7. The highest BCUT2D eigenvalue weighted by Gasteiger charge is 2.42. The smallest absolute Gasteiger partial charge is 0.317 e. The second-order valence-electron chi connectivity index (χ2n) is 7.98. The molecule has 1 aromatic carbocycles. The molecule has 0 amide bonds. The van der Waals surface area contributed by atoms with E-state index in [0.717, 1.165) is 56.2 Å². The van der Waals surface area contributed by atoms with Crippen LogP contribution in [0.5, 0.6) is 11.5 Å².